The van der Waals surface area contributed by atoms with E-state index in [1.54, 1.807) is 48.5 Å². The van der Waals surface area contributed by atoms with Crippen LogP contribution in [0.25, 0.3) is 0 Å². The van der Waals surface area contributed by atoms with Crippen LogP contribution in [0.1, 0.15) is 15.9 Å². The minimum atomic E-state index is -0.464. The van der Waals surface area contributed by atoms with E-state index in [0.717, 1.165) is 0 Å². The summed E-state index contributed by atoms with van der Waals surface area (Å²) in [5.74, 6) is -0.372. The summed E-state index contributed by atoms with van der Waals surface area (Å²) in [4.78, 5) is 24.2. The lowest BCUT2D eigenvalue weighted by atomic mass is 10.2. The molecule has 0 radical (unpaired) electrons. The zero-order chi connectivity index (χ0) is 23.1. The fourth-order valence-corrected chi connectivity index (χ4v) is 3.31. The molecule has 0 aliphatic heterocycles. The average molecular weight is 511 g/mol. The molecular weight excluding hydrogens is 496 g/mol. The van der Waals surface area contributed by atoms with Crippen molar-refractivity contribution in [2.45, 2.75) is 0 Å². The van der Waals surface area contributed by atoms with Crippen molar-refractivity contribution >= 4 is 70.1 Å². The van der Waals surface area contributed by atoms with Crippen LogP contribution in [0.2, 0.25) is 20.1 Å². The van der Waals surface area contributed by atoms with Crippen molar-refractivity contribution in [2.75, 3.05) is 11.9 Å². The molecule has 0 aromatic heterocycles. The van der Waals surface area contributed by atoms with Gasteiger partial charge in [0.2, 0.25) is 0 Å². The van der Waals surface area contributed by atoms with Crippen LogP contribution in [0, 0.1) is 0 Å². The maximum Gasteiger partial charge on any atom is 0.272 e. The quantitative estimate of drug-likeness (QED) is 0.298. The molecule has 3 aromatic rings. The van der Waals surface area contributed by atoms with Crippen LogP contribution in [0.5, 0.6) is 5.75 Å². The van der Waals surface area contributed by atoms with E-state index in [-0.39, 0.29) is 23.1 Å². The normalized spacial score (nSPS) is 10.8. The summed E-state index contributed by atoms with van der Waals surface area (Å²) in [6, 6.07) is 16.1. The molecule has 2 amide bonds. The van der Waals surface area contributed by atoms with Gasteiger partial charge in [0.15, 0.2) is 6.61 Å². The van der Waals surface area contributed by atoms with E-state index in [9.17, 15) is 9.59 Å². The summed E-state index contributed by atoms with van der Waals surface area (Å²) >= 11 is 23.7. The highest BCUT2D eigenvalue weighted by Gasteiger charge is 2.10. The van der Waals surface area contributed by atoms with Gasteiger partial charge in [-0.2, -0.15) is 5.10 Å². The number of nitrogens with zero attached hydrogens (tertiary/aromatic N) is 1. The second-order valence-corrected chi connectivity index (χ2v) is 8.04. The molecule has 6 nitrogen and oxygen atoms in total. The number of hydrogen-bond acceptors (Lipinski definition) is 4. The van der Waals surface area contributed by atoms with Crippen LogP contribution in [0.15, 0.2) is 65.8 Å². The highest BCUT2D eigenvalue weighted by Crippen LogP contribution is 2.25. The molecule has 0 unspecified atom stereocenters. The van der Waals surface area contributed by atoms with Gasteiger partial charge in [-0.25, -0.2) is 5.43 Å². The molecule has 0 fully saturated rings. The van der Waals surface area contributed by atoms with Crippen LogP contribution in [-0.2, 0) is 4.79 Å². The first-order valence-electron chi connectivity index (χ1n) is 9.08. The third-order valence-electron chi connectivity index (χ3n) is 4.01. The summed E-state index contributed by atoms with van der Waals surface area (Å²) < 4.78 is 5.46. The van der Waals surface area contributed by atoms with Gasteiger partial charge in [0.25, 0.3) is 11.8 Å². The molecule has 0 atom stereocenters. The lowest BCUT2D eigenvalue weighted by Gasteiger charge is -2.09. The molecular formula is C22H15Cl4N3O3. The average Bonchev–Trinajstić information content (AvgIpc) is 2.75. The number of benzene rings is 3. The topological polar surface area (TPSA) is 79.8 Å². The van der Waals surface area contributed by atoms with E-state index < -0.39 is 5.91 Å². The lowest BCUT2D eigenvalue weighted by molar-refractivity contribution is -0.118. The van der Waals surface area contributed by atoms with Crippen LogP contribution in [0.3, 0.4) is 0 Å². The lowest BCUT2D eigenvalue weighted by Crippen LogP contribution is -2.20. The van der Waals surface area contributed by atoms with Gasteiger partial charge in [-0.3, -0.25) is 9.59 Å². The summed E-state index contributed by atoms with van der Waals surface area (Å²) in [6.07, 6.45) is 1.46. The highest BCUT2D eigenvalue weighted by molar-refractivity contribution is 6.37. The summed E-state index contributed by atoms with van der Waals surface area (Å²) in [5, 5.41) is 8.03. The molecule has 32 heavy (non-hydrogen) atoms. The van der Waals surface area contributed by atoms with Crippen molar-refractivity contribution in [2.24, 2.45) is 5.10 Å². The Morgan fingerprint density at radius 3 is 2.28 bits per heavy atom. The Balaban J connectivity index is 1.49. The molecule has 2 N–H and O–H groups in total. The van der Waals surface area contributed by atoms with Gasteiger partial charge < -0.3 is 10.1 Å². The summed E-state index contributed by atoms with van der Waals surface area (Å²) in [6.45, 7) is -0.214. The van der Waals surface area contributed by atoms with Crippen molar-refractivity contribution in [1.29, 1.82) is 0 Å². The number of anilines is 1. The second-order valence-electron chi connectivity index (χ2n) is 6.35. The summed E-state index contributed by atoms with van der Waals surface area (Å²) in [5.41, 5.74) is 3.76. The van der Waals surface area contributed by atoms with Crippen molar-refractivity contribution in [1.82, 2.24) is 5.43 Å². The Labute approximate surface area is 204 Å². The smallest absolute Gasteiger partial charge is 0.272 e. The molecule has 10 heteroatoms. The number of halogens is 4. The monoisotopic (exact) mass is 509 g/mol. The van der Waals surface area contributed by atoms with Crippen molar-refractivity contribution in [3.63, 3.8) is 0 Å². The maximum absolute atomic E-state index is 12.1. The van der Waals surface area contributed by atoms with E-state index in [1.807, 2.05) is 0 Å². The first-order valence-corrected chi connectivity index (χ1v) is 10.6. The first-order chi connectivity index (χ1) is 15.3. The van der Waals surface area contributed by atoms with Crippen LogP contribution in [-0.4, -0.2) is 24.6 Å². The predicted octanol–water partition coefficient (Wildman–Crippen LogP) is 6.08. The molecule has 164 valence electrons. The first kappa shape index (κ1) is 23.9. The second kappa shape index (κ2) is 11.2. The van der Waals surface area contributed by atoms with Crippen LogP contribution in [0.4, 0.5) is 5.69 Å². The molecule has 0 spiro atoms. The number of nitrogens with one attached hydrogen (secondary N) is 2. The Morgan fingerprint density at radius 2 is 1.56 bits per heavy atom. The number of carbonyl (C=O) groups excluding carboxylic acids is 2. The number of ether oxygens (including phenoxy) is 1. The molecule has 3 aromatic carbocycles. The molecule has 0 saturated heterocycles. The van der Waals surface area contributed by atoms with Gasteiger partial charge in [-0.1, -0.05) is 46.4 Å². The van der Waals surface area contributed by atoms with Crippen molar-refractivity contribution < 1.29 is 14.3 Å². The Morgan fingerprint density at radius 1 is 0.875 bits per heavy atom. The van der Waals surface area contributed by atoms with Gasteiger partial charge in [-0.15, -0.1) is 0 Å². The van der Waals surface area contributed by atoms with Gasteiger partial charge in [0, 0.05) is 10.0 Å². The van der Waals surface area contributed by atoms with Crippen LogP contribution >= 0.6 is 46.4 Å². The minimum absolute atomic E-state index is 0.214. The number of hydrogen-bond donors (Lipinski definition) is 2. The van der Waals surface area contributed by atoms with Gasteiger partial charge >= 0.3 is 0 Å². The zero-order valence-electron chi connectivity index (χ0n) is 16.2. The van der Waals surface area contributed by atoms with E-state index in [1.165, 1.54) is 18.3 Å². The van der Waals surface area contributed by atoms with Gasteiger partial charge in [0.05, 0.1) is 27.5 Å². The molecule has 0 bridgehead atoms. The van der Waals surface area contributed by atoms with Crippen molar-refractivity contribution in [3.8, 4) is 5.75 Å². The van der Waals surface area contributed by atoms with E-state index in [4.69, 9.17) is 51.1 Å². The largest absolute Gasteiger partial charge is 0.484 e. The Hall–Kier alpha value is -2.77. The van der Waals surface area contributed by atoms with Gasteiger partial charge in [0.1, 0.15) is 5.75 Å². The number of rotatable bonds is 7. The number of amides is 2. The summed E-state index contributed by atoms with van der Waals surface area (Å²) in [7, 11) is 0. The van der Waals surface area contributed by atoms with E-state index >= 15 is 0 Å². The minimum Gasteiger partial charge on any atom is -0.484 e. The molecule has 3 rings (SSSR count). The fourth-order valence-electron chi connectivity index (χ4n) is 2.48. The van der Waals surface area contributed by atoms with E-state index in [0.29, 0.717) is 32.1 Å². The number of hydrazone groups is 1. The third-order valence-corrected chi connectivity index (χ3v) is 5.12. The Bertz CT molecular complexity index is 1170. The fraction of sp³-hybridized carbons (Fsp3) is 0.0455. The molecule has 0 aliphatic carbocycles. The highest BCUT2D eigenvalue weighted by atomic mass is 35.5. The molecule has 0 saturated carbocycles. The van der Waals surface area contributed by atoms with Crippen LogP contribution < -0.4 is 15.5 Å². The zero-order valence-corrected chi connectivity index (χ0v) is 19.3. The Kier molecular flexibility index (Phi) is 8.36. The maximum atomic E-state index is 12.1. The SMILES string of the molecule is O=C(COc1ccc(/C=N\NC(=O)c2ccc(Cl)cc2Cl)cc1)Nc1cc(Cl)ccc1Cl. The third kappa shape index (κ3) is 6.87. The number of carbonyl (C=O) groups is 2. The van der Waals surface area contributed by atoms with Gasteiger partial charge in [-0.05, 0) is 66.2 Å². The van der Waals surface area contributed by atoms with Crippen molar-refractivity contribution in [3.05, 3.63) is 91.9 Å². The molecule has 0 heterocycles. The van der Waals surface area contributed by atoms with E-state index in [2.05, 4.69) is 15.8 Å². The standard InChI is InChI=1S/C22H15Cl4N3O3/c23-14-3-7-17(19(26)9-14)22(31)29-27-11-13-1-5-16(6-2-13)32-12-21(30)28-20-10-15(24)4-8-18(20)25/h1-11H,12H2,(H,28,30)(H,29,31)/b27-11-. The molecule has 0 aliphatic rings. The predicted molar refractivity (Wildman–Crippen MR) is 129 cm³/mol.